The highest BCUT2D eigenvalue weighted by Crippen LogP contribution is 2.40. The third kappa shape index (κ3) is 5.51. The van der Waals surface area contributed by atoms with E-state index in [0.717, 1.165) is 15.9 Å². The van der Waals surface area contributed by atoms with Crippen LogP contribution in [-0.2, 0) is 20.5 Å². The number of allylic oxidation sites excluding steroid dienone is 1. The summed E-state index contributed by atoms with van der Waals surface area (Å²) in [6.45, 7) is 2.50. The van der Waals surface area contributed by atoms with Crippen LogP contribution in [0.2, 0.25) is 0 Å². The monoisotopic (exact) mass is 512 g/mol. The molecular formula is C26H23F3N4O4. The van der Waals surface area contributed by atoms with Gasteiger partial charge in [0.1, 0.15) is 12.1 Å². The SMILES string of the molecule is CCOC(=O)C1=C(C)N(c2cc#cc(C(F)(F)F)c2)C(=O)N(CC(=O)N(C)C)C1c1ccc(C#N)cc1. The maximum absolute atomic E-state index is 13.8. The fourth-order valence-electron chi connectivity index (χ4n) is 3.86. The van der Waals surface area contributed by atoms with Gasteiger partial charge in [-0.3, -0.25) is 9.69 Å². The predicted octanol–water partition coefficient (Wildman–Crippen LogP) is 4.09. The molecular weight excluding hydrogens is 489 g/mol. The first-order valence-corrected chi connectivity index (χ1v) is 11.1. The Hall–Kier alpha value is -4.51. The van der Waals surface area contributed by atoms with E-state index in [1.165, 1.54) is 38.1 Å². The van der Waals surface area contributed by atoms with Crippen molar-refractivity contribution >= 4 is 23.6 Å². The topological polar surface area (TPSA) is 93.9 Å². The summed E-state index contributed by atoms with van der Waals surface area (Å²) in [6.07, 6.45) is -4.75. The molecule has 3 rings (SSSR count). The molecule has 11 heteroatoms. The van der Waals surface area contributed by atoms with Gasteiger partial charge >= 0.3 is 18.2 Å². The second kappa shape index (κ2) is 10.6. The number of esters is 1. The molecule has 0 aromatic heterocycles. The average molecular weight is 512 g/mol. The average Bonchev–Trinajstić information content (AvgIpc) is 2.85. The van der Waals surface area contributed by atoms with Gasteiger partial charge in [0.25, 0.3) is 0 Å². The Morgan fingerprint density at radius 2 is 1.86 bits per heavy atom. The van der Waals surface area contributed by atoms with Crippen LogP contribution in [0.1, 0.15) is 36.6 Å². The van der Waals surface area contributed by atoms with Crippen LogP contribution in [0.3, 0.4) is 0 Å². The summed E-state index contributed by atoms with van der Waals surface area (Å²) in [5.74, 6) is -1.30. The highest BCUT2D eigenvalue weighted by atomic mass is 19.4. The van der Waals surface area contributed by atoms with Crippen LogP contribution in [0, 0.1) is 23.5 Å². The fourth-order valence-corrected chi connectivity index (χ4v) is 3.86. The number of anilines is 1. The number of likely N-dealkylation sites (N-methyl/N-ethyl adjacent to an activating group) is 1. The minimum absolute atomic E-state index is 0.00737. The number of hydrogen-bond acceptors (Lipinski definition) is 5. The number of hydrogen-bond donors (Lipinski definition) is 0. The van der Waals surface area contributed by atoms with Crippen molar-refractivity contribution in [1.82, 2.24) is 9.80 Å². The van der Waals surface area contributed by atoms with Crippen molar-refractivity contribution in [3.05, 3.63) is 76.5 Å². The highest BCUT2D eigenvalue weighted by molar-refractivity contribution is 6.04. The molecule has 1 aliphatic heterocycles. The summed E-state index contributed by atoms with van der Waals surface area (Å²) < 4.78 is 45.4. The number of carbonyl (C=O) groups is 3. The van der Waals surface area contributed by atoms with Crippen LogP contribution >= 0.6 is 0 Å². The Labute approximate surface area is 212 Å². The molecule has 0 bridgehead atoms. The maximum atomic E-state index is 13.8. The molecule has 37 heavy (non-hydrogen) atoms. The number of nitrogens with zero attached hydrogens (tertiary/aromatic N) is 4. The number of alkyl halides is 3. The molecule has 2 aromatic carbocycles. The lowest BCUT2D eigenvalue weighted by Gasteiger charge is -2.42. The van der Waals surface area contributed by atoms with E-state index in [-0.39, 0.29) is 23.6 Å². The molecule has 0 spiro atoms. The number of benzene rings is 1. The van der Waals surface area contributed by atoms with E-state index in [2.05, 4.69) is 6.07 Å². The number of carbonyl (C=O) groups excluding carboxylic acids is 3. The summed E-state index contributed by atoms with van der Waals surface area (Å²) >= 11 is 0. The summed E-state index contributed by atoms with van der Waals surface area (Å²) in [4.78, 5) is 43.0. The van der Waals surface area contributed by atoms with E-state index in [9.17, 15) is 27.6 Å². The number of urea groups is 1. The van der Waals surface area contributed by atoms with Gasteiger partial charge in [0.15, 0.2) is 0 Å². The molecule has 1 aliphatic rings. The zero-order valence-electron chi connectivity index (χ0n) is 20.5. The van der Waals surface area contributed by atoms with Crippen LogP contribution in [0.4, 0.5) is 23.7 Å². The van der Waals surface area contributed by atoms with Crippen molar-refractivity contribution in [3.8, 4) is 6.07 Å². The largest absolute Gasteiger partial charge is 0.463 e. The molecule has 0 saturated carbocycles. The van der Waals surface area contributed by atoms with E-state index in [4.69, 9.17) is 10.00 Å². The van der Waals surface area contributed by atoms with Gasteiger partial charge in [-0.15, -0.1) is 0 Å². The molecule has 0 N–H and O–H groups in total. The summed E-state index contributed by atoms with van der Waals surface area (Å²) in [7, 11) is 2.96. The number of nitriles is 1. The number of halogens is 3. The van der Waals surface area contributed by atoms with E-state index in [1.54, 1.807) is 19.1 Å². The molecule has 0 saturated heterocycles. The minimum atomic E-state index is -4.75. The number of ether oxygens (including phenoxy) is 1. The van der Waals surface area contributed by atoms with Gasteiger partial charge in [-0.25, -0.2) is 9.59 Å². The van der Waals surface area contributed by atoms with Crippen LogP contribution in [0.15, 0.2) is 47.7 Å². The Bertz CT molecular complexity index is 1280. The zero-order chi connectivity index (χ0) is 27.5. The van der Waals surface area contributed by atoms with Gasteiger partial charge < -0.3 is 14.5 Å². The second-order valence-electron chi connectivity index (χ2n) is 8.28. The van der Waals surface area contributed by atoms with E-state index < -0.39 is 42.2 Å². The number of rotatable bonds is 6. The van der Waals surface area contributed by atoms with Gasteiger partial charge in [-0.05, 0) is 37.6 Å². The normalized spacial score (nSPS) is 15.7. The molecule has 3 amide bonds. The van der Waals surface area contributed by atoms with Crippen molar-refractivity contribution in [1.29, 1.82) is 5.26 Å². The third-order valence-electron chi connectivity index (χ3n) is 5.69. The standard InChI is InChI=1S/C26H23F3N4O4/c1-5-37-24(35)22-16(2)33(20-8-6-7-19(13-20)26(27,28)29)25(36)32(15-21(34)31(3)4)23(22)18-11-9-17(14-30)10-12-18/h8-13,23H,5,15H2,1-4H3. The minimum Gasteiger partial charge on any atom is -0.463 e. The first-order chi connectivity index (χ1) is 17.4. The lowest BCUT2D eigenvalue weighted by Crippen LogP contribution is -2.53. The van der Waals surface area contributed by atoms with Gasteiger partial charge in [-0.2, -0.15) is 18.4 Å². The molecule has 2 aromatic rings. The van der Waals surface area contributed by atoms with E-state index in [1.807, 2.05) is 12.1 Å². The molecule has 1 heterocycles. The molecule has 192 valence electrons. The third-order valence-corrected chi connectivity index (χ3v) is 5.69. The molecule has 8 nitrogen and oxygen atoms in total. The first kappa shape index (κ1) is 27.1. The maximum Gasteiger partial charge on any atom is 0.424 e. The fraction of sp³-hybridized carbons (Fsp3) is 0.308. The van der Waals surface area contributed by atoms with Crippen LogP contribution in [0.25, 0.3) is 0 Å². The number of amides is 3. The smallest absolute Gasteiger partial charge is 0.424 e. The van der Waals surface area contributed by atoms with Gasteiger partial charge in [0.2, 0.25) is 5.91 Å². The van der Waals surface area contributed by atoms with E-state index >= 15 is 0 Å². The lowest BCUT2D eigenvalue weighted by atomic mass is 9.92. The summed E-state index contributed by atoms with van der Waals surface area (Å²) in [6, 6.07) is 12.2. The van der Waals surface area contributed by atoms with Gasteiger partial charge in [-0.1, -0.05) is 24.3 Å². The van der Waals surface area contributed by atoms with Gasteiger partial charge in [0.05, 0.1) is 35.5 Å². The highest BCUT2D eigenvalue weighted by Gasteiger charge is 2.44. The van der Waals surface area contributed by atoms with Crippen molar-refractivity contribution in [2.75, 3.05) is 32.1 Å². The van der Waals surface area contributed by atoms with Crippen LogP contribution in [0.5, 0.6) is 0 Å². The van der Waals surface area contributed by atoms with Gasteiger partial charge in [0, 0.05) is 25.9 Å². The molecule has 0 fully saturated rings. The quantitative estimate of drug-likeness (QED) is 0.544. The molecule has 0 radical (unpaired) electrons. The predicted molar refractivity (Wildman–Crippen MR) is 126 cm³/mol. The molecule has 1 atom stereocenters. The first-order valence-electron chi connectivity index (χ1n) is 11.1. The summed E-state index contributed by atoms with van der Waals surface area (Å²) in [5, 5.41) is 9.17. The van der Waals surface area contributed by atoms with Crippen LogP contribution in [-0.4, -0.2) is 55.0 Å². The Morgan fingerprint density at radius 1 is 1.22 bits per heavy atom. The van der Waals surface area contributed by atoms with Crippen LogP contribution < -0.4 is 4.90 Å². The molecule has 1 unspecified atom stereocenters. The zero-order valence-corrected chi connectivity index (χ0v) is 20.5. The molecule has 0 aliphatic carbocycles. The van der Waals surface area contributed by atoms with Crippen molar-refractivity contribution in [3.63, 3.8) is 0 Å². The second-order valence-corrected chi connectivity index (χ2v) is 8.28. The van der Waals surface area contributed by atoms with E-state index in [0.29, 0.717) is 17.2 Å². The Balaban J connectivity index is 2.29. The lowest BCUT2D eigenvalue weighted by molar-refractivity contribution is -0.140. The Morgan fingerprint density at radius 3 is 2.41 bits per heavy atom. The van der Waals surface area contributed by atoms with Crippen molar-refractivity contribution in [2.45, 2.75) is 26.1 Å². The Kier molecular flexibility index (Phi) is 7.78. The van der Waals surface area contributed by atoms with Crippen molar-refractivity contribution < 1.29 is 32.3 Å². The van der Waals surface area contributed by atoms with Crippen molar-refractivity contribution in [2.24, 2.45) is 0 Å². The summed E-state index contributed by atoms with van der Waals surface area (Å²) in [5.41, 5.74) is -0.648.